The van der Waals surface area contributed by atoms with Crippen LogP contribution in [-0.4, -0.2) is 12.1 Å². The van der Waals surface area contributed by atoms with Gasteiger partial charge in [-0.3, -0.25) is 4.79 Å². The van der Waals surface area contributed by atoms with Crippen molar-refractivity contribution in [3.05, 3.63) is 70.5 Å². The lowest BCUT2D eigenvalue weighted by Crippen LogP contribution is -2.16. The minimum atomic E-state index is -0.376. The average Bonchev–Trinajstić information content (AvgIpc) is 3.21. The summed E-state index contributed by atoms with van der Waals surface area (Å²) < 4.78 is 6.11. The van der Waals surface area contributed by atoms with E-state index in [-0.39, 0.29) is 11.7 Å². The molecular weight excluding hydrogens is 352 g/mol. The maximum Gasteiger partial charge on any atom is 0.307 e. The van der Waals surface area contributed by atoms with Crippen molar-refractivity contribution >= 4 is 46.8 Å². The van der Waals surface area contributed by atoms with Crippen LogP contribution in [0.4, 0.5) is 0 Å². The van der Waals surface area contributed by atoms with E-state index in [0.717, 1.165) is 19.0 Å². The zero-order valence-corrected chi connectivity index (χ0v) is 14.1. The summed E-state index contributed by atoms with van der Waals surface area (Å²) in [5.41, 5.74) is 2.42. The number of amides is 1. The molecule has 0 fully saturated rings. The molecule has 1 aromatic carbocycles. The molecule has 0 aliphatic heterocycles. The van der Waals surface area contributed by atoms with Crippen molar-refractivity contribution in [2.75, 3.05) is 0 Å². The summed E-state index contributed by atoms with van der Waals surface area (Å²) in [6, 6.07) is 14.9. The molecule has 1 amide bonds. The third-order valence-corrected chi connectivity index (χ3v) is 5.15. The fourth-order valence-electron chi connectivity index (χ4n) is 1.69. The van der Waals surface area contributed by atoms with E-state index in [2.05, 4.69) is 10.5 Å². The third-order valence-electron chi connectivity index (χ3n) is 2.74. The minimum Gasteiger partial charge on any atom is -0.459 e. The number of furan rings is 1. The number of rotatable bonds is 5. The third kappa shape index (κ3) is 4.48. The highest BCUT2D eigenvalue weighted by atomic mass is 35.5. The first-order valence-corrected chi connectivity index (χ1v) is 8.62. The second-order valence-electron chi connectivity index (χ2n) is 4.39. The quantitative estimate of drug-likeness (QED) is 0.518. The Hall–Kier alpha value is -2.02. The van der Waals surface area contributed by atoms with E-state index >= 15 is 0 Å². The molecule has 23 heavy (non-hydrogen) atoms. The number of thiophene rings is 1. The molecule has 7 heteroatoms. The average molecular weight is 363 g/mol. The van der Waals surface area contributed by atoms with Crippen molar-refractivity contribution in [3.8, 4) is 0 Å². The Labute approximate surface area is 146 Å². The van der Waals surface area contributed by atoms with Gasteiger partial charge in [0.25, 0.3) is 0 Å². The predicted octanol–water partition coefficient (Wildman–Crippen LogP) is 4.91. The highest BCUT2D eigenvalue weighted by molar-refractivity contribution is 8.01. The van der Waals surface area contributed by atoms with Crippen LogP contribution >= 0.6 is 34.7 Å². The molecule has 0 aliphatic carbocycles. The molecule has 4 nitrogen and oxygen atoms in total. The summed E-state index contributed by atoms with van der Waals surface area (Å²) >= 11 is 9.11. The summed E-state index contributed by atoms with van der Waals surface area (Å²) in [4.78, 5) is 13.7. The molecule has 3 rings (SSSR count). The van der Waals surface area contributed by atoms with E-state index in [0.29, 0.717) is 0 Å². The maximum absolute atomic E-state index is 11.6. The van der Waals surface area contributed by atoms with Gasteiger partial charge in [0.15, 0.2) is 5.76 Å². The van der Waals surface area contributed by atoms with Gasteiger partial charge in [-0.05, 0) is 48.5 Å². The Morgan fingerprint density at radius 2 is 2.04 bits per heavy atom. The summed E-state index contributed by atoms with van der Waals surface area (Å²) in [7, 11) is 0. The first-order valence-electron chi connectivity index (χ1n) is 6.61. The molecular formula is C16H11ClN2O2S2. The van der Waals surface area contributed by atoms with Crippen LogP contribution in [0, 0.1) is 0 Å². The highest BCUT2D eigenvalue weighted by Crippen LogP contribution is 2.33. The Balaban J connectivity index is 1.57. The lowest BCUT2D eigenvalue weighted by Gasteiger charge is -1.97. The van der Waals surface area contributed by atoms with Gasteiger partial charge in [-0.2, -0.15) is 5.10 Å². The van der Waals surface area contributed by atoms with Crippen LogP contribution in [0.25, 0.3) is 0 Å². The number of nitrogens with zero attached hydrogens (tertiary/aromatic N) is 1. The number of benzene rings is 1. The van der Waals surface area contributed by atoms with E-state index in [1.54, 1.807) is 41.4 Å². The molecule has 0 bridgehead atoms. The van der Waals surface area contributed by atoms with Gasteiger partial charge in [0.2, 0.25) is 0 Å². The predicted molar refractivity (Wildman–Crippen MR) is 93.7 cm³/mol. The van der Waals surface area contributed by atoms with E-state index in [1.807, 2.05) is 36.4 Å². The van der Waals surface area contributed by atoms with Crippen LogP contribution in [0.2, 0.25) is 5.02 Å². The number of nitrogens with one attached hydrogen (secondary N) is 1. The fraction of sp³-hybridized carbons (Fsp3) is 0. The number of hydrogen-bond donors (Lipinski definition) is 1. The van der Waals surface area contributed by atoms with Crippen molar-refractivity contribution in [1.29, 1.82) is 0 Å². The zero-order chi connectivity index (χ0) is 16.1. The van der Waals surface area contributed by atoms with Crippen LogP contribution in [-0.2, 0) is 0 Å². The molecule has 0 spiro atoms. The lowest BCUT2D eigenvalue weighted by molar-refractivity contribution is 0.0927. The smallest absolute Gasteiger partial charge is 0.307 e. The summed E-state index contributed by atoms with van der Waals surface area (Å²) in [6.07, 6.45) is 3.05. The molecule has 0 unspecified atom stereocenters. The van der Waals surface area contributed by atoms with Gasteiger partial charge >= 0.3 is 5.91 Å². The minimum absolute atomic E-state index is 0.229. The van der Waals surface area contributed by atoms with E-state index in [4.69, 9.17) is 16.0 Å². The molecule has 1 N–H and O–H groups in total. The van der Waals surface area contributed by atoms with Crippen molar-refractivity contribution in [1.82, 2.24) is 5.43 Å². The van der Waals surface area contributed by atoms with Crippen molar-refractivity contribution in [2.24, 2.45) is 5.10 Å². The van der Waals surface area contributed by atoms with E-state index < -0.39 is 0 Å². The van der Waals surface area contributed by atoms with Gasteiger partial charge in [0, 0.05) is 14.8 Å². The molecule has 0 saturated carbocycles. The van der Waals surface area contributed by atoms with Gasteiger partial charge in [-0.15, -0.1) is 11.3 Å². The summed E-state index contributed by atoms with van der Waals surface area (Å²) in [5.74, 6) is -0.147. The largest absolute Gasteiger partial charge is 0.459 e. The Morgan fingerprint density at radius 1 is 1.22 bits per heavy atom. The molecule has 2 aromatic heterocycles. The number of hydrogen-bond acceptors (Lipinski definition) is 5. The van der Waals surface area contributed by atoms with E-state index in [9.17, 15) is 4.79 Å². The Kier molecular flexibility index (Phi) is 5.17. The number of carbonyl (C=O) groups excluding carboxylic acids is 1. The molecule has 2 heterocycles. The number of hydrazone groups is 1. The second kappa shape index (κ2) is 7.50. The van der Waals surface area contributed by atoms with Crippen molar-refractivity contribution in [3.63, 3.8) is 0 Å². The van der Waals surface area contributed by atoms with Gasteiger partial charge < -0.3 is 4.42 Å². The monoisotopic (exact) mass is 362 g/mol. The fourth-order valence-corrected chi connectivity index (χ4v) is 3.82. The lowest BCUT2D eigenvalue weighted by atomic mass is 10.4. The van der Waals surface area contributed by atoms with Crippen molar-refractivity contribution < 1.29 is 9.21 Å². The standard InChI is InChI=1S/C16H11ClN2O2S2/c17-11-3-5-12(6-4-11)22-15-8-7-13(23-15)10-18-19-16(20)14-2-1-9-21-14/h1-10H,(H,19,20)/b18-10+. The Morgan fingerprint density at radius 3 is 2.78 bits per heavy atom. The maximum atomic E-state index is 11.6. The molecule has 0 atom stereocenters. The first-order chi connectivity index (χ1) is 11.2. The topological polar surface area (TPSA) is 54.6 Å². The SMILES string of the molecule is O=C(N/N=C/c1ccc(Sc2ccc(Cl)cc2)s1)c1ccco1. The number of halogens is 1. The molecule has 0 radical (unpaired) electrons. The van der Waals surface area contributed by atoms with Crippen LogP contribution < -0.4 is 5.43 Å². The zero-order valence-electron chi connectivity index (χ0n) is 11.7. The molecule has 116 valence electrons. The molecule has 3 aromatic rings. The molecule has 0 saturated heterocycles. The van der Waals surface area contributed by atoms with Crippen LogP contribution in [0.1, 0.15) is 15.4 Å². The summed E-state index contributed by atoms with van der Waals surface area (Å²) in [6.45, 7) is 0. The normalized spacial score (nSPS) is 11.0. The van der Waals surface area contributed by atoms with Crippen molar-refractivity contribution in [2.45, 2.75) is 9.10 Å². The first kappa shape index (κ1) is 15.9. The van der Waals surface area contributed by atoms with Gasteiger partial charge in [0.1, 0.15) is 0 Å². The summed E-state index contributed by atoms with van der Waals surface area (Å²) in [5, 5.41) is 4.65. The second-order valence-corrected chi connectivity index (χ2v) is 7.31. The van der Waals surface area contributed by atoms with Crippen LogP contribution in [0.15, 0.2) is 73.4 Å². The highest BCUT2D eigenvalue weighted by Gasteiger charge is 2.06. The van der Waals surface area contributed by atoms with E-state index in [1.165, 1.54) is 6.26 Å². The molecule has 0 aliphatic rings. The Bertz CT molecular complexity index is 811. The van der Waals surface area contributed by atoms with Gasteiger partial charge in [0.05, 0.1) is 16.7 Å². The van der Waals surface area contributed by atoms with Crippen LogP contribution in [0.3, 0.4) is 0 Å². The van der Waals surface area contributed by atoms with Gasteiger partial charge in [-0.25, -0.2) is 5.43 Å². The van der Waals surface area contributed by atoms with Crippen LogP contribution in [0.5, 0.6) is 0 Å². The van der Waals surface area contributed by atoms with Gasteiger partial charge in [-0.1, -0.05) is 23.4 Å². The number of carbonyl (C=O) groups is 1.